The first-order valence-corrected chi connectivity index (χ1v) is 7.24. The van der Waals surface area contributed by atoms with Gasteiger partial charge in [0.25, 0.3) is 5.56 Å². The van der Waals surface area contributed by atoms with Crippen molar-refractivity contribution in [2.75, 3.05) is 12.8 Å². The summed E-state index contributed by atoms with van der Waals surface area (Å²) < 4.78 is 8.59. The van der Waals surface area contributed by atoms with Gasteiger partial charge in [-0.1, -0.05) is 24.6 Å². The molecular weight excluding hydrogens is 290 g/mol. The maximum Gasteiger partial charge on any atom is 0.294 e. The van der Waals surface area contributed by atoms with E-state index >= 15 is 0 Å². The van der Waals surface area contributed by atoms with Crippen molar-refractivity contribution in [2.45, 2.75) is 33.4 Å². The van der Waals surface area contributed by atoms with E-state index in [1.54, 1.807) is 17.9 Å². The van der Waals surface area contributed by atoms with Gasteiger partial charge in [0, 0.05) is 18.7 Å². The fourth-order valence-corrected chi connectivity index (χ4v) is 2.49. The van der Waals surface area contributed by atoms with Crippen LogP contribution in [-0.2, 0) is 17.9 Å². The number of nitrogen functional groups attached to an aromatic ring is 1. The van der Waals surface area contributed by atoms with Gasteiger partial charge in [-0.3, -0.25) is 9.48 Å². The molecule has 21 heavy (non-hydrogen) atoms. The maximum atomic E-state index is 12.5. The summed E-state index contributed by atoms with van der Waals surface area (Å²) in [4.78, 5) is 12.5. The Morgan fingerprint density at radius 1 is 1.38 bits per heavy atom. The van der Waals surface area contributed by atoms with E-state index in [2.05, 4.69) is 0 Å². The van der Waals surface area contributed by atoms with Gasteiger partial charge in [-0.15, -0.1) is 0 Å². The van der Waals surface area contributed by atoms with Crippen molar-refractivity contribution < 1.29 is 4.74 Å². The molecule has 1 heterocycles. The molecule has 0 saturated carbocycles. The largest absolute Gasteiger partial charge is 0.393 e. The predicted octanol–water partition coefficient (Wildman–Crippen LogP) is 2.74. The van der Waals surface area contributed by atoms with Crippen molar-refractivity contribution in [1.29, 1.82) is 0 Å². The van der Waals surface area contributed by atoms with Gasteiger partial charge in [0.2, 0.25) is 0 Å². The zero-order valence-corrected chi connectivity index (χ0v) is 13.3. The summed E-state index contributed by atoms with van der Waals surface area (Å²) in [5.41, 5.74) is 8.31. The molecule has 0 spiro atoms. The standard InChI is InChI=1S/C15H20ClN3O2/c1-4-7-18-13(9-21-3)14(17)15(20)19(18)11-6-5-10(2)12(16)8-11/h5-6,8H,4,7,9,17H2,1-3H3. The van der Waals surface area contributed by atoms with Gasteiger partial charge in [-0.25, -0.2) is 4.68 Å². The molecule has 5 nitrogen and oxygen atoms in total. The second-order valence-corrected chi connectivity index (χ2v) is 5.37. The van der Waals surface area contributed by atoms with Crippen LogP contribution in [0.1, 0.15) is 24.6 Å². The van der Waals surface area contributed by atoms with Crippen LogP contribution in [0.4, 0.5) is 5.69 Å². The molecule has 0 aliphatic rings. The van der Waals surface area contributed by atoms with Crippen molar-refractivity contribution >= 4 is 17.3 Å². The molecule has 0 aliphatic heterocycles. The van der Waals surface area contributed by atoms with Crippen LogP contribution in [0.5, 0.6) is 0 Å². The molecule has 0 atom stereocenters. The van der Waals surface area contributed by atoms with Crippen LogP contribution in [0, 0.1) is 6.92 Å². The lowest BCUT2D eigenvalue weighted by atomic mass is 10.2. The van der Waals surface area contributed by atoms with Crippen molar-refractivity contribution in [3.05, 3.63) is 44.8 Å². The highest BCUT2D eigenvalue weighted by Crippen LogP contribution is 2.21. The van der Waals surface area contributed by atoms with Crippen LogP contribution in [0.3, 0.4) is 0 Å². The minimum absolute atomic E-state index is 0.224. The molecule has 6 heteroatoms. The first-order chi connectivity index (χ1) is 10.0. The minimum Gasteiger partial charge on any atom is -0.393 e. The molecule has 114 valence electrons. The Labute approximate surface area is 128 Å². The molecule has 0 aliphatic carbocycles. The van der Waals surface area contributed by atoms with Crippen molar-refractivity contribution in [3.63, 3.8) is 0 Å². The maximum absolute atomic E-state index is 12.5. The van der Waals surface area contributed by atoms with Crippen LogP contribution in [-0.4, -0.2) is 16.5 Å². The molecule has 0 bridgehead atoms. The highest BCUT2D eigenvalue weighted by Gasteiger charge is 2.18. The number of rotatable bonds is 5. The summed E-state index contributed by atoms with van der Waals surface area (Å²) in [5, 5.41) is 0.621. The summed E-state index contributed by atoms with van der Waals surface area (Å²) in [6.45, 7) is 4.94. The lowest BCUT2D eigenvalue weighted by Crippen LogP contribution is -2.22. The van der Waals surface area contributed by atoms with Gasteiger partial charge >= 0.3 is 0 Å². The third-order valence-corrected chi connectivity index (χ3v) is 3.81. The molecule has 1 aromatic heterocycles. The number of nitrogens with two attached hydrogens (primary N) is 1. The smallest absolute Gasteiger partial charge is 0.294 e. The highest BCUT2D eigenvalue weighted by atomic mass is 35.5. The molecule has 0 fully saturated rings. The lowest BCUT2D eigenvalue weighted by Gasteiger charge is -2.14. The number of nitrogens with zero attached hydrogens (tertiary/aromatic N) is 2. The molecule has 1 aromatic carbocycles. The Balaban J connectivity index is 2.69. The second-order valence-electron chi connectivity index (χ2n) is 4.97. The molecule has 0 saturated heterocycles. The topological polar surface area (TPSA) is 62.2 Å². The van der Waals surface area contributed by atoms with Crippen molar-refractivity contribution in [2.24, 2.45) is 0 Å². The number of halogens is 1. The zero-order chi connectivity index (χ0) is 15.6. The summed E-state index contributed by atoms with van der Waals surface area (Å²) in [6, 6.07) is 5.53. The third-order valence-electron chi connectivity index (χ3n) is 3.40. The van der Waals surface area contributed by atoms with Crippen LogP contribution in [0.2, 0.25) is 5.02 Å². The Kier molecular flexibility index (Phi) is 4.75. The average molecular weight is 310 g/mol. The zero-order valence-electron chi connectivity index (χ0n) is 12.5. The number of aromatic nitrogens is 2. The number of hydrogen-bond donors (Lipinski definition) is 1. The summed E-state index contributed by atoms with van der Waals surface area (Å²) in [6.07, 6.45) is 0.879. The molecule has 0 radical (unpaired) electrons. The summed E-state index contributed by atoms with van der Waals surface area (Å²) >= 11 is 6.17. The minimum atomic E-state index is -0.240. The van der Waals surface area contributed by atoms with Crippen LogP contribution in [0.15, 0.2) is 23.0 Å². The molecule has 0 unspecified atom stereocenters. The van der Waals surface area contributed by atoms with Crippen molar-refractivity contribution in [1.82, 2.24) is 9.36 Å². The number of hydrogen-bond acceptors (Lipinski definition) is 3. The first kappa shape index (κ1) is 15.7. The van der Waals surface area contributed by atoms with E-state index in [-0.39, 0.29) is 11.2 Å². The monoisotopic (exact) mass is 309 g/mol. The summed E-state index contributed by atoms with van der Waals surface area (Å²) in [7, 11) is 1.58. The third kappa shape index (κ3) is 2.84. The van der Waals surface area contributed by atoms with Gasteiger partial charge in [-0.2, -0.15) is 0 Å². The van der Waals surface area contributed by atoms with Crippen LogP contribution >= 0.6 is 11.6 Å². The number of benzene rings is 1. The second kappa shape index (κ2) is 6.37. The van der Waals surface area contributed by atoms with E-state index in [9.17, 15) is 4.79 Å². The summed E-state index contributed by atoms with van der Waals surface area (Å²) in [5.74, 6) is 0. The Hall–Kier alpha value is -1.72. The van der Waals surface area contributed by atoms with E-state index in [1.807, 2.05) is 30.7 Å². The Bertz CT molecular complexity index is 704. The SMILES string of the molecule is CCCn1c(COC)c(N)c(=O)n1-c1ccc(C)c(Cl)c1. The molecule has 2 N–H and O–H groups in total. The normalized spacial score (nSPS) is 11.0. The van der Waals surface area contributed by atoms with Gasteiger partial charge in [0.1, 0.15) is 5.69 Å². The number of methoxy groups -OCH3 is 1. The molecule has 0 amide bonds. The fourth-order valence-electron chi connectivity index (χ4n) is 2.31. The van der Waals surface area contributed by atoms with E-state index in [4.69, 9.17) is 22.1 Å². The van der Waals surface area contributed by atoms with Gasteiger partial charge < -0.3 is 10.5 Å². The van der Waals surface area contributed by atoms with Crippen LogP contribution in [0.25, 0.3) is 5.69 Å². The van der Waals surface area contributed by atoms with Crippen LogP contribution < -0.4 is 11.3 Å². The lowest BCUT2D eigenvalue weighted by molar-refractivity contribution is 0.176. The first-order valence-electron chi connectivity index (χ1n) is 6.86. The molecular formula is C15H20ClN3O2. The quantitative estimate of drug-likeness (QED) is 0.923. The molecule has 2 aromatic rings. The van der Waals surface area contributed by atoms with Gasteiger partial charge in [0.15, 0.2) is 0 Å². The van der Waals surface area contributed by atoms with E-state index < -0.39 is 0 Å². The Morgan fingerprint density at radius 3 is 2.67 bits per heavy atom. The Morgan fingerprint density at radius 2 is 2.10 bits per heavy atom. The van der Waals surface area contributed by atoms with E-state index in [0.29, 0.717) is 29.6 Å². The fraction of sp³-hybridized carbons (Fsp3) is 0.400. The van der Waals surface area contributed by atoms with Gasteiger partial charge in [-0.05, 0) is 31.0 Å². The number of anilines is 1. The van der Waals surface area contributed by atoms with Crippen molar-refractivity contribution in [3.8, 4) is 5.69 Å². The van der Waals surface area contributed by atoms with E-state index in [1.165, 1.54) is 0 Å². The number of ether oxygens (including phenoxy) is 1. The molecule has 2 rings (SSSR count). The van der Waals surface area contributed by atoms with E-state index in [0.717, 1.165) is 12.0 Å². The highest BCUT2D eigenvalue weighted by molar-refractivity contribution is 6.31. The average Bonchev–Trinajstić information content (AvgIpc) is 2.68. The van der Waals surface area contributed by atoms with Gasteiger partial charge in [0.05, 0.1) is 18.0 Å². The predicted molar refractivity (Wildman–Crippen MR) is 85.2 cm³/mol. The number of aryl methyl sites for hydroxylation is 1.